The number of carbonyl (C=O) groups is 1. The van der Waals surface area contributed by atoms with E-state index in [0.29, 0.717) is 6.04 Å². The van der Waals surface area contributed by atoms with Crippen LogP contribution in [0.4, 0.5) is 5.69 Å². The van der Waals surface area contributed by atoms with Gasteiger partial charge in [-0.05, 0) is 70.1 Å². The van der Waals surface area contributed by atoms with Gasteiger partial charge in [-0.15, -0.1) is 0 Å². The molecule has 5 rings (SSSR count). The second-order valence-electron chi connectivity index (χ2n) is 8.87. The van der Waals surface area contributed by atoms with E-state index in [1.807, 2.05) is 26.0 Å². The molecule has 0 aliphatic heterocycles. The molecule has 2 fully saturated rings. The van der Waals surface area contributed by atoms with Gasteiger partial charge in [0.05, 0.1) is 22.5 Å². The van der Waals surface area contributed by atoms with E-state index in [4.69, 9.17) is 10.3 Å². The molecule has 0 saturated heterocycles. The number of nitrogens with one attached hydrogen (secondary N) is 1. The van der Waals surface area contributed by atoms with Gasteiger partial charge in [0.15, 0.2) is 5.78 Å². The lowest BCUT2D eigenvalue weighted by Gasteiger charge is -2.29. The molecular formula is C24H28N4O2. The van der Waals surface area contributed by atoms with Crippen LogP contribution in [0.15, 0.2) is 28.9 Å². The number of hydrogen-bond acceptors (Lipinski definition) is 6. The van der Waals surface area contributed by atoms with Gasteiger partial charge in [-0.2, -0.15) is 0 Å². The van der Waals surface area contributed by atoms with E-state index in [0.717, 1.165) is 83.3 Å². The van der Waals surface area contributed by atoms with Crippen LogP contribution in [0.5, 0.6) is 0 Å². The Bertz CT molecular complexity index is 1090. The molecule has 3 N–H and O–H groups in total. The molecule has 2 aromatic heterocycles. The predicted molar refractivity (Wildman–Crippen MR) is 118 cm³/mol. The molecule has 2 saturated carbocycles. The fourth-order valence-electron chi connectivity index (χ4n) is 4.62. The van der Waals surface area contributed by atoms with Gasteiger partial charge in [0.1, 0.15) is 5.76 Å². The summed E-state index contributed by atoms with van der Waals surface area (Å²) in [5.41, 5.74) is 11.5. The largest absolute Gasteiger partial charge is 0.381 e. The minimum Gasteiger partial charge on any atom is -0.381 e. The van der Waals surface area contributed by atoms with E-state index in [1.165, 1.54) is 0 Å². The Morgan fingerprint density at radius 1 is 1.13 bits per heavy atom. The maximum Gasteiger partial charge on any atom is 0.169 e. The first-order valence-electron chi connectivity index (χ1n) is 10.9. The first kappa shape index (κ1) is 19.2. The molecule has 0 amide bonds. The van der Waals surface area contributed by atoms with Gasteiger partial charge < -0.3 is 15.6 Å². The number of rotatable bonds is 5. The summed E-state index contributed by atoms with van der Waals surface area (Å²) >= 11 is 0. The Kier molecular flexibility index (Phi) is 4.82. The number of aryl methyl sites for hydroxylation is 2. The third kappa shape index (κ3) is 3.49. The molecule has 3 aromatic rings. The summed E-state index contributed by atoms with van der Waals surface area (Å²) in [7, 11) is 0. The van der Waals surface area contributed by atoms with Crippen molar-refractivity contribution in [1.82, 2.24) is 10.1 Å². The Morgan fingerprint density at radius 2 is 1.90 bits per heavy atom. The van der Waals surface area contributed by atoms with Crippen molar-refractivity contribution in [2.75, 3.05) is 5.32 Å². The number of ketones is 1. The van der Waals surface area contributed by atoms with Gasteiger partial charge in [0.25, 0.3) is 0 Å². The van der Waals surface area contributed by atoms with Gasteiger partial charge in [0, 0.05) is 35.1 Å². The summed E-state index contributed by atoms with van der Waals surface area (Å²) in [6, 6.07) is 6.80. The van der Waals surface area contributed by atoms with E-state index in [-0.39, 0.29) is 17.7 Å². The van der Waals surface area contributed by atoms with Crippen molar-refractivity contribution in [3.05, 3.63) is 41.4 Å². The lowest BCUT2D eigenvalue weighted by Crippen LogP contribution is -2.33. The third-order valence-corrected chi connectivity index (χ3v) is 6.52. The summed E-state index contributed by atoms with van der Waals surface area (Å²) < 4.78 is 5.38. The normalized spacial score (nSPS) is 21.7. The van der Waals surface area contributed by atoms with E-state index in [2.05, 4.69) is 21.5 Å². The van der Waals surface area contributed by atoms with Crippen molar-refractivity contribution in [1.29, 1.82) is 0 Å². The summed E-state index contributed by atoms with van der Waals surface area (Å²) in [5.74, 6) is 1.15. The van der Waals surface area contributed by atoms with Crippen LogP contribution < -0.4 is 11.1 Å². The minimum atomic E-state index is 0.148. The molecule has 0 atom stereocenters. The Morgan fingerprint density at radius 3 is 2.57 bits per heavy atom. The van der Waals surface area contributed by atoms with Gasteiger partial charge in [-0.25, -0.2) is 0 Å². The molecule has 0 unspecified atom stereocenters. The highest BCUT2D eigenvalue weighted by Crippen LogP contribution is 2.39. The molecule has 1 aromatic carbocycles. The van der Waals surface area contributed by atoms with Crippen LogP contribution in [0.2, 0.25) is 0 Å². The SMILES string of the molecule is Cc1noc(C)c1-c1ccc2ncc(C(=O)C3CC3)c(N[C@H]3CC[C@H](N)CC3)c2c1. The zero-order valence-corrected chi connectivity index (χ0v) is 17.6. The standard InChI is InChI=1S/C24H28N4O2/c1-13-22(14(2)30-28-13)16-5-10-21-19(11-16)23(27-18-8-6-17(25)7-9-18)20(12-26-21)24(29)15-3-4-15/h5,10-12,15,17-18H,3-4,6-9,25H2,1-2H3,(H,26,27)/t17-,18-. The first-order chi connectivity index (χ1) is 14.5. The fraction of sp³-hybridized carbons (Fsp3) is 0.458. The fourth-order valence-corrected chi connectivity index (χ4v) is 4.62. The van der Waals surface area contributed by atoms with Crippen LogP contribution >= 0.6 is 0 Å². The molecule has 0 bridgehead atoms. The number of benzene rings is 1. The molecular weight excluding hydrogens is 376 g/mol. The number of nitrogens with two attached hydrogens (primary N) is 1. The highest BCUT2D eigenvalue weighted by atomic mass is 16.5. The maximum absolute atomic E-state index is 13.1. The second-order valence-corrected chi connectivity index (χ2v) is 8.87. The summed E-state index contributed by atoms with van der Waals surface area (Å²) in [5, 5.41) is 8.80. The highest BCUT2D eigenvalue weighted by Gasteiger charge is 2.33. The number of fused-ring (bicyclic) bond motifs is 1. The molecule has 6 nitrogen and oxygen atoms in total. The monoisotopic (exact) mass is 404 g/mol. The quantitative estimate of drug-likeness (QED) is 0.594. The second kappa shape index (κ2) is 7.51. The van der Waals surface area contributed by atoms with Gasteiger partial charge in [-0.1, -0.05) is 11.2 Å². The Labute approximate surface area is 176 Å². The average molecular weight is 405 g/mol. The van der Waals surface area contributed by atoms with Crippen molar-refractivity contribution in [2.24, 2.45) is 11.7 Å². The van der Waals surface area contributed by atoms with E-state index < -0.39 is 0 Å². The maximum atomic E-state index is 13.1. The van der Waals surface area contributed by atoms with Gasteiger partial charge in [-0.3, -0.25) is 9.78 Å². The minimum absolute atomic E-state index is 0.148. The predicted octanol–water partition coefficient (Wildman–Crippen LogP) is 4.78. The van der Waals surface area contributed by atoms with Crippen molar-refractivity contribution >= 4 is 22.4 Å². The van der Waals surface area contributed by atoms with Crippen molar-refractivity contribution in [3.63, 3.8) is 0 Å². The summed E-state index contributed by atoms with van der Waals surface area (Å²) in [4.78, 5) is 17.7. The number of carbonyl (C=O) groups excluding carboxylic acids is 1. The molecule has 30 heavy (non-hydrogen) atoms. The zero-order chi connectivity index (χ0) is 20.8. The number of hydrogen-bond donors (Lipinski definition) is 2. The van der Waals surface area contributed by atoms with Crippen LogP contribution in [0.25, 0.3) is 22.0 Å². The van der Waals surface area contributed by atoms with Gasteiger partial charge in [0.2, 0.25) is 0 Å². The Balaban J connectivity index is 1.62. The average Bonchev–Trinajstić information content (AvgIpc) is 3.54. The number of Topliss-reactive ketones (excluding diaryl/α,β-unsaturated/α-hetero) is 1. The van der Waals surface area contributed by atoms with Gasteiger partial charge >= 0.3 is 0 Å². The van der Waals surface area contributed by atoms with Crippen molar-refractivity contribution in [3.8, 4) is 11.1 Å². The van der Waals surface area contributed by atoms with Crippen LogP contribution in [-0.4, -0.2) is 28.0 Å². The lowest BCUT2D eigenvalue weighted by molar-refractivity contribution is 0.0968. The molecule has 2 aliphatic carbocycles. The molecule has 0 spiro atoms. The van der Waals surface area contributed by atoms with E-state index in [9.17, 15) is 4.79 Å². The van der Waals surface area contributed by atoms with E-state index >= 15 is 0 Å². The third-order valence-electron chi connectivity index (χ3n) is 6.52. The summed E-state index contributed by atoms with van der Waals surface area (Å²) in [6.45, 7) is 3.88. The lowest BCUT2D eigenvalue weighted by atomic mass is 9.91. The van der Waals surface area contributed by atoms with Crippen molar-refractivity contribution in [2.45, 2.75) is 64.5 Å². The molecule has 0 radical (unpaired) electrons. The molecule has 2 aliphatic rings. The molecule has 156 valence electrons. The zero-order valence-electron chi connectivity index (χ0n) is 17.6. The van der Waals surface area contributed by atoms with E-state index in [1.54, 1.807) is 6.20 Å². The van der Waals surface area contributed by atoms with Crippen LogP contribution in [0.3, 0.4) is 0 Å². The Hall–Kier alpha value is -2.73. The number of pyridine rings is 1. The highest BCUT2D eigenvalue weighted by molar-refractivity contribution is 6.10. The smallest absolute Gasteiger partial charge is 0.169 e. The number of nitrogens with zero attached hydrogens (tertiary/aromatic N) is 2. The van der Waals surface area contributed by atoms with Crippen molar-refractivity contribution < 1.29 is 9.32 Å². The topological polar surface area (TPSA) is 94.0 Å². The molecule has 2 heterocycles. The molecule has 6 heteroatoms. The first-order valence-corrected chi connectivity index (χ1v) is 10.9. The van der Waals surface area contributed by atoms with Crippen LogP contribution in [0.1, 0.15) is 60.3 Å². The number of aromatic nitrogens is 2. The van der Waals surface area contributed by atoms with Crippen LogP contribution in [0, 0.1) is 19.8 Å². The number of anilines is 1. The summed E-state index contributed by atoms with van der Waals surface area (Å²) in [6.07, 6.45) is 7.78. The van der Waals surface area contributed by atoms with Crippen LogP contribution in [-0.2, 0) is 0 Å².